The molecule has 1 saturated carbocycles. The molecule has 0 bridgehead atoms. The number of rotatable bonds is 6. The van der Waals surface area contributed by atoms with E-state index in [1.54, 1.807) is 24.3 Å². The summed E-state index contributed by atoms with van der Waals surface area (Å²) in [5.74, 6) is -1.31. The second-order valence-corrected chi connectivity index (χ2v) is 5.43. The van der Waals surface area contributed by atoms with Gasteiger partial charge in [0.05, 0.1) is 0 Å². The van der Waals surface area contributed by atoms with Crippen LogP contribution in [0.5, 0.6) is 0 Å². The normalized spacial score (nSPS) is 16.3. The average Bonchev–Trinajstić information content (AvgIpc) is 3.28. The van der Waals surface area contributed by atoms with Gasteiger partial charge in [0.1, 0.15) is 6.04 Å². The summed E-state index contributed by atoms with van der Waals surface area (Å²) >= 11 is 0. The lowest BCUT2D eigenvalue weighted by atomic mass is 10.1. The molecule has 2 atom stereocenters. The Labute approximate surface area is 129 Å². The van der Waals surface area contributed by atoms with E-state index in [4.69, 9.17) is 4.74 Å². The zero-order valence-corrected chi connectivity index (χ0v) is 12.7. The molecule has 0 heterocycles. The van der Waals surface area contributed by atoms with Crippen LogP contribution < -0.4 is 10.6 Å². The predicted octanol–water partition coefficient (Wildman–Crippen LogP) is 1.07. The Hall–Kier alpha value is -2.37. The minimum Gasteiger partial charge on any atom is -0.446 e. The molecule has 22 heavy (non-hydrogen) atoms. The molecule has 1 fully saturated rings. The van der Waals surface area contributed by atoms with Crippen molar-refractivity contribution in [1.82, 2.24) is 10.6 Å². The molecule has 1 aromatic rings. The van der Waals surface area contributed by atoms with Crippen LogP contribution in [0.1, 0.15) is 38.4 Å². The van der Waals surface area contributed by atoms with Crippen molar-refractivity contribution < 1.29 is 19.1 Å². The molecule has 2 rings (SSSR count). The van der Waals surface area contributed by atoms with Crippen molar-refractivity contribution in [1.29, 1.82) is 0 Å². The van der Waals surface area contributed by atoms with Crippen LogP contribution in [0.4, 0.5) is 0 Å². The summed E-state index contributed by atoms with van der Waals surface area (Å²) in [5, 5.41) is 5.28. The molecule has 2 N–H and O–H groups in total. The fraction of sp³-hybridized carbons (Fsp3) is 0.438. The fourth-order valence-electron chi connectivity index (χ4n) is 1.99. The molecule has 0 saturated heterocycles. The maximum absolute atomic E-state index is 12.3. The Balaban J connectivity index is 2.08. The van der Waals surface area contributed by atoms with E-state index in [1.165, 1.54) is 13.8 Å². The third-order valence-corrected chi connectivity index (χ3v) is 3.27. The van der Waals surface area contributed by atoms with Gasteiger partial charge in [-0.15, -0.1) is 0 Å². The number of amides is 2. The number of hydrogen-bond donors (Lipinski definition) is 2. The minimum absolute atomic E-state index is 0.171. The molecular formula is C16H20N2O4. The second-order valence-electron chi connectivity index (χ2n) is 5.43. The Bertz CT molecular complexity index is 555. The summed E-state index contributed by atoms with van der Waals surface area (Å²) in [4.78, 5) is 35.4. The van der Waals surface area contributed by atoms with Gasteiger partial charge in [-0.1, -0.05) is 30.3 Å². The first-order chi connectivity index (χ1) is 10.5. The average molecular weight is 304 g/mol. The van der Waals surface area contributed by atoms with Crippen molar-refractivity contribution >= 4 is 17.8 Å². The van der Waals surface area contributed by atoms with E-state index in [9.17, 15) is 14.4 Å². The van der Waals surface area contributed by atoms with Crippen LogP contribution >= 0.6 is 0 Å². The fourth-order valence-corrected chi connectivity index (χ4v) is 1.99. The highest BCUT2D eigenvalue weighted by molar-refractivity contribution is 5.88. The summed E-state index contributed by atoms with van der Waals surface area (Å²) < 4.78 is 5.32. The maximum Gasteiger partial charge on any atom is 0.329 e. The minimum atomic E-state index is -1.01. The quantitative estimate of drug-likeness (QED) is 0.770. The Morgan fingerprint density at radius 1 is 1.18 bits per heavy atom. The smallest absolute Gasteiger partial charge is 0.329 e. The van der Waals surface area contributed by atoms with Gasteiger partial charge in [-0.2, -0.15) is 0 Å². The molecule has 0 aliphatic heterocycles. The summed E-state index contributed by atoms with van der Waals surface area (Å²) in [7, 11) is 0. The van der Waals surface area contributed by atoms with Crippen LogP contribution in [0.3, 0.4) is 0 Å². The number of hydrogen-bond acceptors (Lipinski definition) is 4. The summed E-state index contributed by atoms with van der Waals surface area (Å²) in [6, 6.07) is 8.19. The van der Waals surface area contributed by atoms with Gasteiger partial charge < -0.3 is 15.4 Å². The molecule has 0 radical (unpaired) electrons. The van der Waals surface area contributed by atoms with Crippen LogP contribution in [0.2, 0.25) is 0 Å². The molecule has 0 spiro atoms. The second kappa shape index (κ2) is 7.06. The number of carbonyl (C=O) groups is 3. The number of esters is 1. The van der Waals surface area contributed by atoms with Crippen molar-refractivity contribution in [3.63, 3.8) is 0 Å². The van der Waals surface area contributed by atoms with Crippen LogP contribution in [-0.2, 0) is 19.1 Å². The zero-order chi connectivity index (χ0) is 16.1. The molecular weight excluding hydrogens is 284 g/mol. The van der Waals surface area contributed by atoms with E-state index >= 15 is 0 Å². The third kappa shape index (κ3) is 4.58. The van der Waals surface area contributed by atoms with Gasteiger partial charge in [0.25, 0.3) is 5.91 Å². The Morgan fingerprint density at radius 3 is 2.36 bits per heavy atom. The van der Waals surface area contributed by atoms with E-state index < -0.39 is 18.1 Å². The highest BCUT2D eigenvalue weighted by atomic mass is 16.5. The van der Waals surface area contributed by atoms with E-state index in [0.717, 1.165) is 12.8 Å². The van der Waals surface area contributed by atoms with Gasteiger partial charge in [0, 0.05) is 18.5 Å². The standard InChI is InChI=1S/C16H20N2O4/c1-10(17-11(2)19)16(21)22-14(12-6-4-3-5-7-12)15(20)18-13-8-9-13/h3-7,10,13-14H,8-9H2,1-2H3,(H,17,19)(H,18,20)/t10-,14-/m1/s1. The maximum atomic E-state index is 12.3. The Morgan fingerprint density at radius 2 is 1.82 bits per heavy atom. The molecule has 2 amide bonds. The van der Waals surface area contributed by atoms with Gasteiger partial charge >= 0.3 is 5.97 Å². The van der Waals surface area contributed by atoms with Crippen molar-refractivity contribution in [2.75, 3.05) is 0 Å². The zero-order valence-electron chi connectivity index (χ0n) is 12.7. The molecule has 0 unspecified atom stereocenters. The van der Waals surface area contributed by atoms with Gasteiger partial charge in [0.15, 0.2) is 0 Å². The number of carbonyl (C=O) groups excluding carboxylic acids is 3. The third-order valence-electron chi connectivity index (χ3n) is 3.27. The van der Waals surface area contributed by atoms with Crippen LogP contribution in [0.25, 0.3) is 0 Å². The van der Waals surface area contributed by atoms with Crippen molar-refractivity contribution in [2.24, 2.45) is 0 Å². The van der Waals surface area contributed by atoms with Crippen LogP contribution in [0.15, 0.2) is 30.3 Å². The van der Waals surface area contributed by atoms with Gasteiger partial charge in [-0.3, -0.25) is 9.59 Å². The van der Waals surface area contributed by atoms with E-state index in [0.29, 0.717) is 5.56 Å². The lowest BCUT2D eigenvalue weighted by Gasteiger charge is -2.20. The first kappa shape index (κ1) is 16.0. The van der Waals surface area contributed by atoms with Crippen molar-refractivity contribution in [3.8, 4) is 0 Å². The molecule has 1 aromatic carbocycles. The van der Waals surface area contributed by atoms with Crippen LogP contribution in [-0.4, -0.2) is 29.9 Å². The van der Waals surface area contributed by atoms with E-state index in [1.807, 2.05) is 6.07 Å². The van der Waals surface area contributed by atoms with Crippen molar-refractivity contribution in [2.45, 2.75) is 44.9 Å². The predicted molar refractivity (Wildman–Crippen MR) is 79.7 cm³/mol. The first-order valence-electron chi connectivity index (χ1n) is 7.30. The van der Waals surface area contributed by atoms with E-state index in [2.05, 4.69) is 10.6 Å². The number of ether oxygens (including phenoxy) is 1. The van der Waals surface area contributed by atoms with Crippen LogP contribution in [0, 0.1) is 0 Å². The first-order valence-corrected chi connectivity index (χ1v) is 7.30. The van der Waals surface area contributed by atoms with Gasteiger partial charge in [-0.25, -0.2) is 4.79 Å². The van der Waals surface area contributed by atoms with Gasteiger partial charge in [-0.05, 0) is 19.8 Å². The number of benzene rings is 1. The lowest BCUT2D eigenvalue weighted by molar-refractivity contribution is -0.158. The lowest BCUT2D eigenvalue weighted by Crippen LogP contribution is -2.41. The number of nitrogens with one attached hydrogen (secondary N) is 2. The summed E-state index contributed by atoms with van der Waals surface area (Å²) in [6.07, 6.45) is 0.887. The van der Waals surface area contributed by atoms with Crippen molar-refractivity contribution in [3.05, 3.63) is 35.9 Å². The monoisotopic (exact) mass is 304 g/mol. The highest BCUT2D eigenvalue weighted by Crippen LogP contribution is 2.23. The SMILES string of the molecule is CC(=O)N[C@H](C)C(=O)O[C@@H](C(=O)NC1CC1)c1ccccc1. The molecule has 1 aliphatic rings. The summed E-state index contributed by atoms with van der Waals surface area (Å²) in [6.45, 7) is 2.84. The molecule has 6 heteroatoms. The largest absolute Gasteiger partial charge is 0.446 e. The highest BCUT2D eigenvalue weighted by Gasteiger charge is 2.31. The molecule has 0 aromatic heterocycles. The summed E-state index contributed by atoms with van der Waals surface area (Å²) in [5.41, 5.74) is 0.601. The topological polar surface area (TPSA) is 84.5 Å². The van der Waals surface area contributed by atoms with Gasteiger partial charge in [0.2, 0.25) is 12.0 Å². The molecule has 118 valence electrons. The molecule has 6 nitrogen and oxygen atoms in total. The van der Waals surface area contributed by atoms with E-state index in [-0.39, 0.29) is 17.9 Å². The molecule has 1 aliphatic carbocycles. The Kier molecular flexibility index (Phi) is 5.14.